The van der Waals surface area contributed by atoms with Crippen LogP contribution < -0.4 is 30.2 Å². The molecule has 0 fully saturated rings. The Balaban J connectivity index is 1.97. The van der Waals surface area contributed by atoms with Crippen LogP contribution in [0.4, 0.5) is 23.1 Å². The van der Waals surface area contributed by atoms with Gasteiger partial charge in [0, 0.05) is 30.9 Å². The number of hydrogen-bond acceptors (Lipinski definition) is 9. The second-order valence-corrected chi connectivity index (χ2v) is 6.36. The molecule has 3 aromatic rings. The van der Waals surface area contributed by atoms with E-state index < -0.39 is 0 Å². The third-order valence-corrected chi connectivity index (χ3v) is 4.42. The number of nitrogens with zero attached hydrogens (tertiary/aromatic N) is 3. The predicted octanol–water partition coefficient (Wildman–Crippen LogP) is 3.22. The van der Waals surface area contributed by atoms with Gasteiger partial charge in [-0.1, -0.05) is 12.1 Å². The van der Waals surface area contributed by atoms with Crippen molar-refractivity contribution in [1.82, 2.24) is 15.3 Å². The van der Waals surface area contributed by atoms with Crippen molar-refractivity contribution in [1.29, 1.82) is 5.26 Å². The number of carbonyl (C=O) groups is 1. The number of carbonyl (C=O) groups excluding carboxylic acids is 1. The number of para-hydroxylation sites is 1. The number of methoxy groups -OCH3 is 3. The zero-order valence-corrected chi connectivity index (χ0v) is 18.0. The van der Waals surface area contributed by atoms with E-state index in [2.05, 4.69) is 25.9 Å². The predicted molar refractivity (Wildman–Crippen MR) is 119 cm³/mol. The first-order valence-electron chi connectivity index (χ1n) is 9.47. The van der Waals surface area contributed by atoms with Gasteiger partial charge in [0.05, 0.1) is 32.6 Å². The molecule has 0 saturated carbocycles. The summed E-state index contributed by atoms with van der Waals surface area (Å²) in [7, 11) is 6.10. The quantitative estimate of drug-likeness (QED) is 0.489. The second-order valence-electron chi connectivity index (χ2n) is 6.36. The van der Waals surface area contributed by atoms with Gasteiger partial charge < -0.3 is 30.2 Å². The number of amides is 1. The van der Waals surface area contributed by atoms with E-state index in [1.165, 1.54) is 27.4 Å². The number of nitrogens with one attached hydrogen (secondary N) is 3. The number of nitriles is 1. The number of benzene rings is 2. The van der Waals surface area contributed by atoms with Gasteiger partial charge in [-0.15, -0.1) is 0 Å². The normalized spacial score (nSPS) is 9.97. The van der Waals surface area contributed by atoms with Gasteiger partial charge in [-0.3, -0.25) is 4.79 Å². The molecule has 1 amide bonds. The molecule has 1 heterocycles. The maximum atomic E-state index is 12.1. The van der Waals surface area contributed by atoms with E-state index >= 15 is 0 Å². The summed E-state index contributed by atoms with van der Waals surface area (Å²) in [6, 6.07) is 13.9. The van der Waals surface area contributed by atoms with Crippen LogP contribution in [-0.2, 0) is 0 Å². The summed E-state index contributed by atoms with van der Waals surface area (Å²) in [6.07, 6.45) is 0. The fraction of sp³-hybridized carbons (Fsp3) is 0.182. The molecule has 3 rings (SSSR count). The van der Waals surface area contributed by atoms with Crippen molar-refractivity contribution in [3.63, 3.8) is 0 Å². The van der Waals surface area contributed by atoms with Crippen molar-refractivity contribution in [3.8, 4) is 23.3 Å². The fourth-order valence-corrected chi connectivity index (χ4v) is 2.97. The average Bonchev–Trinajstić information content (AvgIpc) is 2.82. The molecule has 0 atom stereocenters. The molecule has 3 N–H and O–H groups in total. The molecule has 0 aliphatic heterocycles. The Hall–Kier alpha value is -4.52. The molecule has 0 saturated heterocycles. The van der Waals surface area contributed by atoms with Gasteiger partial charge in [-0.2, -0.15) is 10.2 Å². The van der Waals surface area contributed by atoms with Crippen LogP contribution >= 0.6 is 0 Å². The summed E-state index contributed by atoms with van der Waals surface area (Å²) in [5.74, 6) is 1.59. The molecule has 10 heteroatoms. The van der Waals surface area contributed by atoms with E-state index in [9.17, 15) is 10.1 Å². The molecule has 10 nitrogen and oxygen atoms in total. The molecular formula is C22H22N6O4. The fourth-order valence-electron chi connectivity index (χ4n) is 2.97. The summed E-state index contributed by atoms with van der Waals surface area (Å²) in [5, 5.41) is 18.1. The van der Waals surface area contributed by atoms with Crippen LogP contribution in [0.5, 0.6) is 17.2 Å². The van der Waals surface area contributed by atoms with Crippen molar-refractivity contribution in [2.45, 2.75) is 0 Å². The summed E-state index contributed by atoms with van der Waals surface area (Å²) in [4.78, 5) is 20.8. The van der Waals surface area contributed by atoms with Crippen LogP contribution in [0, 0.1) is 11.3 Å². The van der Waals surface area contributed by atoms with E-state index in [0.717, 1.165) is 0 Å². The number of ether oxygens (including phenoxy) is 3. The standard InChI is InChI=1S/C22H22N6O4/c1-24-21(29)15-7-5-6-8-16(15)27-19-11-14(12-23)26-22(28-19)25-13-9-17(30-2)20(32-4)18(10-13)31-3/h5-11H,1-4H3,(H,24,29)(H2,25,26,27,28). The van der Waals surface area contributed by atoms with Crippen LogP contribution in [0.1, 0.15) is 16.1 Å². The van der Waals surface area contributed by atoms with Gasteiger partial charge >= 0.3 is 0 Å². The monoisotopic (exact) mass is 434 g/mol. The van der Waals surface area contributed by atoms with E-state index in [-0.39, 0.29) is 17.5 Å². The maximum Gasteiger partial charge on any atom is 0.253 e. The first kappa shape index (κ1) is 22.2. The van der Waals surface area contributed by atoms with Crippen molar-refractivity contribution < 1.29 is 19.0 Å². The highest BCUT2D eigenvalue weighted by Gasteiger charge is 2.15. The third-order valence-electron chi connectivity index (χ3n) is 4.42. The lowest BCUT2D eigenvalue weighted by Gasteiger charge is -2.15. The largest absolute Gasteiger partial charge is 0.493 e. The topological polar surface area (TPSA) is 130 Å². The van der Waals surface area contributed by atoms with Crippen molar-refractivity contribution in [2.24, 2.45) is 0 Å². The van der Waals surface area contributed by atoms with Crippen molar-refractivity contribution in [3.05, 3.63) is 53.7 Å². The smallest absolute Gasteiger partial charge is 0.253 e. The Labute approximate surface area is 185 Å². The lowest BCUT2D eigenvalue weighted by atomic mass is 10.1. The Bertz CT molecular complexity index is 1150. The number of hydrogen-bond donors (Lipinski definition) is 3. The molecule has 0 spiro atoms. The molecular weight excluding hydrogens is 412 g/mol. The average molecular weight is 434 g/mol. The molecule has 1 aromatic heterocycles. The van der Waals surface area contributed by atoms with Gasteiger partial charge in [0.15, 0.2) is 11.5 Å². The summed E-state index contributed by atoms with van der Waals surface area (Å²) in [6.45, 7) is 0. The Morgan fingerprint density at radius 2 is 1.66 bits per heavy atom. The Morgan fingerprint density at radius 1 is 0.969 bits per heavy atom. The van der Waals surface area contributed by atoms with Gasteiger partial charge in [0.25, 0.3) is 5.91 Å². The number of anilines is 4. The van der Waals surface area contributed by atoms with Crippen LogP contribution in [0.2, 0.25) is 0 Å². The van der Waals surface area contributed by atoms with E-state index in [4.69, 9.17) is 14.2 Å². The highest BCUT2D eigenvalue weighted by Crippen LogP contribution is 2.40. The molecule has 0 aliphatic carbocycles. The van der Waals surface area contributed by atoms with Gasteiger partial charge in [0.2, 0.25) is 11.7 Å². The SMILES string of the molecule is CNC(=O)c1ccccc1Nc1cc(C#N)nc(Nc2cc(OC)c(OC)c(OC)c2)n1. The lowest BCUT2D eigenvalue weighted by Crippen LogP contribution is -2.19. The van der Waals surface area contributed by atoms with Gasteiger partial charge in [0.1, 0.15) is 17.6 Å². The van der Waals surface area contributed by atoms with E-state index in [0.29, 0.717) is 40.0 Å². The molecule has 0 aliphatic rings. The highest BCUT2D eigenvalue weighted by atomic mass is 16.5. The summed E-state index contributed by atoms with van der Waals surface area (Å²) in [5.41, 5.74) is 1.67. The highest BCUT2D eigenvalue weighted by molar-refractivity contribution is 6.00. The van der Waals surface area contributed by atoms with Crippen molar-refractivity contribution in [2.75, 3.05) is 39.0 Å². The summed E-state index contributed by atoms with van der Waals surface area (Å²) >= 11 is 0. The van der Waals surface area contributed by atoms with Gasteiger partial charge in [-0.05, 0) is 12.1 Å². The van der Waals surface area contributed by atoms with E-state index in [1.807, 2.05) is 6.07 Å². The second kappa shape index (κ2) is 9.99. The Morgan fingerprint density at radius 3 is 2.25 bits per heavy atom. The number of rotatable bonds is 8. The zero-order valence-electron chi connectivity index (χ0n) is 18.0. The molecule has 0 bridgehead atoms. The maximum absolute atomic E-state index is 12.1. The molecule has 2 aromatic carbocycles. The van der Waals surface area contributed by atoms with Crippen LogP contribution in [-0.4, -0.2) is 44.3 Å². The van der Waals surface area contributed by atoms with Crippen LogP contribution in [0.25, 0.3) is 0 Å². The molecule has 0 unspecified atom stereocenters. The minimum atomic E-state index is -0.251. The first-order chi connectivity index (χ1) is 15.5. The minimum Gasteiger partial charge on any atom is -0.493 e. The molecule has 32 heavy (non-hydrogen) atoms. The molecule has 0 radical (unpaired) electrons. The third kappa shape index (κ3) is 4.79. The van der Waals surface area contributed by atoms with Crippen LogP contribution in [0.3, 0.4) is 0 Å². The zero-order chi connectivity index (χ0) is 23.1. The first-order valence-corrected chi connectivity index (χ1v) is 9.47. The lowest BCUT2D eigenvalue weighted by molar-refractivity contribution is 0.0964. The molecule has 164 valence electrons. The van der Waals surface area contributed by atoms with E-state index in [1.54, 1.807) is 43.4 Å². The van der Waals surface area contributed by atoms with Gasteiger partial charge in [-0.25, -0.2) is 4.98 Å². The van der Waals surface area contributed by atoms with Crippen molar-refractivity contribution >= 4 is 29.0 Å². The Kier molecular flexibility index (Phi) is 6.92. The summed E-state index contributed by atoms with van der Waals surface area (Å²) < 4.78 is 16.1. The number of aromatic nitrogens is 2. The minimum absolute atomic E-state index is 0.134. The van der Waals surface area contributed by atoms with Crippen LogP contribution in [0.15, 0.2) is 42.5 Å².